The van der Waals surface area contributed by atoms with Crippen LogP contribution in [0.4, 0.5) is 0 Å². The molecule has 1 fully saturated rings. The second kappa shape index (κ2) is 9.52. The van der Waals surface area contributed by atoms with Crippen LogP contribution in [0, 0.1) is 0 Å². The number of benzene rings is 1. The average molecular weight is 432 g/mol. The SMILES string of the molecule is O=C(NCCSc1c[nH]c2ccccc12)c1cnc(OC2CCOCC2)c(Cl)c1. The van der Waals surface area contributed by atoms with Gasteiger partial charge in [-0.05, 0) is 12.1 Å². The van der Waals surface area contributed by atoms with Crippen molar-refractivity contribution >= 4 is 40.2 Å². The highest BCUT2D eigenvalue weighted by Gasteiger charge is 2.18. The Morgan fingerprint density at radius 1 is 1.34 bits per heavy atom. The summed E-state index contributed by atoms with van der Waals surface area (Å²) in [6.45, 7) is 1.90. The highest BCUT2D eigenvalue weighted by molar-refractivity contribution is 7.99. The zero-order chi connectivity index (χ0) is 20.1. The van der Waals surface area contributed by atoms with Gasteiger partial charge in [-0.15, -0.1) is 11.8 Å². The van der Waals surface area contributed by atoms with Crippen molar-refractivity contribution in [3.05, 3.63) is 53.3 Å². The number of aromatic nitrogens is 2. The number of para-hydroxylation sites is 1. The van der Waals surface area contributed by atoms with E-state index < -0.39 is 0 Å². The van der Waals surface area contributed by atoms with Crippen LogP contribution < -0.4 is 10.1 Å². The van der Waals surface area contributed by atoms with E-state index in [4.69, 9.17) is 21.1 Å². The number of H-pyrrole nitrogens is 1. The van der Waals surface area contributed by atoms with Crippen LogP contribution in [0.1, 0.15) is 23.2 Å². The molecule has 3 aromatic rings. The molecular weight excluding hydrogens is 410 g/mol. The van der Waals surface area contributed by atoms with Crippen LogP contribution in [-0.4, -0.2) is 47.5 Å². The molecule has 8 heteroatoms. The Bertz CT molecular complexity index is 988. The molecule has 0 saturated carbocycles. The fraction of sp³-hybridized carbons (Fsp3) is 0.333. The zero-order valence-electron chi connectivity index (χ0n) is 15.8. The number of ether oxygens (including phenoxy) is 2. The number of carbonyl (C=O) groups is 1. The van der Waals surface area contributed by atoms with E-state index >= 15 is 0 Å². The third-order valence-electron chi connectivity index (χ3n) is 4.71. The molecule has 4 rings (SSSR count). The first-order valence-electron chi connectivity index (χ1n) is 9.58. The summed E-state index contributed by atoms with van der Waals surface area (Å²) in [7, 11) is 0. The van der Waals surface area contributed by atoms with E-state index in [0.717, 1.165) is 24.1 Å². The molecule has 0 radical (unpaired) electrons. The summed E-state index contributed by atoms with van der Waals surface area (Å²) in [4.78, 5) is 21.1. The predicted molar refractivity (Wildman–Crippen MR) is 115 cm³/mol. The number of halogens is 1. The molecule has 0 aliphatic carbocycles. The van der Waals surface area contributed by atoms with Crippen LogP contribution >= 0.6 is 23.4 Å². The molecule has 0 bridgehead atoms. The molecule has 1 saturated heterocycles. The summed E-state index contributed by atoms with van der Waals surface area (Å²) in [5.74, 6) is 0.932. The lowest BCUT2D eigenvalue weighted by atomic mass is 10.1. The summed E-state index contributed by atoms with van der Waals surface area (Å²) >= 11 is 7.97. The maximum atomic E-state index is 12.4. The van der Waals surface area contributed by atoms with E-state index in [0.29, 0.717) is 36.2 Å². The summed E-state index contributed by atoms with van der Waals surface area (Å²) in [5, 5.41) is 4.45. The van der Waals surface area contributed by atoms with Crippen LogP contribution in [0.15, 0.2) is 47.6 Å². The van der Waals surface area contributed by atoms with Crippen molar-refractivity contribution in [2.24, 2.45) is 0 Å². The Labute approximate surface area is 178 Å². The van der Waals surface area contributed by atoms with Crippen molar-refractivity contribution in [2.75, 3.05) is 25.5 Å². The number of aromatic amines is 1. The fourth-order valence-electron chi connectivity index (χ4n) is 3.18. The van der Waals surface area contributed by atoms with Crippen molar-refractivity contribution < 1.29 is 14.3 Å². The molecule has 0 atom stereocenters. The lowest BCUT2D eigenvalue weighted by molar-refractivity contribution is 0.0238. The predicted octanol–water partition coefficient (Wildman–Crippen LogP) is 4.30. The van der Waals surface area contributed by atoms with Gasteiger partial charge in [-0.3, -0.25) is 4.79 Å². The smallest absolute Gasteiger partial charge is 0.252 e. The maximum Gasteiger partial charge on any atom is 0.252 e. The number of fused-ring (bicyclic) bond motifs is 1. The topological polar surface area (TPSA) is 76.2 Å². The first kappa shape index (κ1) is 20.1. The molecule has 152 valence electrons. The van der Waals surface area contributed by atoms with Crippen LogP contribution in [-0.2, 0) is 4.74 Å². The quantitative estimate of drug-likeness (QED) is 0.431. The molecule has 1 amide bonds. The lowest BCUT2D eigenvalue weighted by Gasteiger charge is -2.23. The van der Waals surface area contributed by atoms with Crippen LogP contribution in [0.2, 0.25) is 5.02 Å². The molecule has 6 nitrogen and oxygen atoms in total. The number of thioether (sulfide) groups is 1. The summed E-state index contributed by atoms with van der Waals surface area (Å²) in [5.41, 5.74) is 1.54. The molecule has 29 heavy (non-hydrogen) atoms. The molecule has 2 N–H and O–H groups in total. The van der Waals surface area contributed by atoms with Gasteiger partial charge in [0.2, 0.25) is 5.88 Å². The number of nitrogens with zero attached hydrogens (tertiary/aromatic N) is 1. The van der Waals surface area contributed by atoms with Crippen molar-refractivity contribution in [1.29, 1.82) is 0 Å². The Morgan fingerprint density at radius 3 is 3.00 bits per heavy atom. The minimum atomic E-state index is -0.198. The first-order valence-corrected chi connectivity index (χ1v) is 10.9. The van der Waals surface area contributed by atoms with E-state index in [1.807, 2.05) is 24.4 Å². The number of nitrogens with one attached hydrogen (secondary N) is 2. The highest BCUT2D eigenvalue weighted by Crippen LogP contribution is 2.27. The number of amides is 1. The Hall–Kier alpha value is -2.22. The van der Waals surface area contributed by atoms with Gasteiger partial charge in [0.1, 0.15) is 11.1 Å². The second-order valence-corrected chi connectivity index (χ2v) is 8.29. The third-order valence-corrected chi connectivity index (χ3v) is 6.04. The summed E-state index contributed by atoms with van der Waals surface area (Å²) < 4.78 is 11.2. The highest BCUT2D eigenvalue weighted by atomic mass is 35.5. The third kappa shape index (κ3) is 5.04. The Morgan fingerprint density at radius 2 is 2.17 bits per heavy atom. The fourth-order valence-corrected chi connectivity index (χ4v) is 4.29. The molecule has 0 spiro atoms. The summed E-state index contributed by atoms with van der Waals surface area (Å²) in [6, 6.07) is 9.77. The van der Waals surface area contributed by atoms with E-state index in [2.05, 4.69) is 21.4 Å². The minimum absolute atomic E-state index is 0.0509. The lowest BCUT2D eigenvalue weighted by Crippen LogP contribution is -2.27. The van der Waals surface area contributed by atoms with E-state index in [1.54, 1.807) is 17.8 Å². The van der Waals surface area contributed by atoms with E-state index in [-0.39, 0.29) is 12.0 Å². The Balaban J connectivity index is 1.27. The van der Waals surface area contributed by atoms with Gasteiger partial charge >= 0.3 is 0 Å². The van der Waals surface area contributed by atoms with Crippen molar-refractivity contribution in [1.82, 2.24) is 15.3 Å². The van der Waals surface area contributed by atoms with Gasteiger partial charge in [0.05, 0.1) is 18.8 Å². The van der Waals surface area contributed by atoms with Crippen molar-refractivity contribution in [2.45, 2.75) is 23.8 Å². The van der Waals surface area contributed by atoms with Gasteiger partial charge in [-0.2, -0.15) is 0 Å². The molecule has 1 aliphatic rings. The Kier molecular flexibility index (Phi) is 6.59. The van der Waals surface area contributed by atoms with Gasteiger partial charge in [0.15, 0.2) is 0 Å². The van der Waals surface area contributed by atoms with Crippen molar-refractivity contribution in [3.63, 3.8) is 0 Å². The molecule has 1 aromatic carbocycles. The van der Waals surface area contributed by atoms with Gasteiger partial charge in [0, 0.05) is 53.3 Å². The van der Waals surface area contributed by atoms with Gasteiger partial charge in [-0.1, -0.05) is 29.8 Å². The molecule has 3 heterocycles. The standard InChI is InChI=1S/C21H22ClN3O3S/c22-17-11-14(12-25-21(17)28-15-5-8-27-9-6-15)20(26)23-7-10-29-19-13-24-18-4-2-1-3-16(18)19/h1-4,11-13,15,24H,5-10H2,(H,23,26). The van der Waals surface area contributed by atoms with Gasteiger partial charge < -0.3 is 19.8 Å². The number of rotatable bonds is 7. The number of hydrogen-bond acceptors (Lipinski definition) is 5. The number of hydrogen-bond donors (Lipinski definition) is 2. The zero-order valence-corrected chi connectivity index (χ0v) is 17.4. The number of carbonyl (C=O) groups excluding carboxylic acids is 1. The summed E-state index contributed by atoms with van der Waals surface area (Å²) in [6.07, 6.45) is 5.18. The van der Waals surface area contributed by atoms with Crippen LogP contribution in [0.25, 0.3) is 10.9 Å². The first-order chi connectivity index (χ1) is 14.2. The molecule has 1 aliphatic heterocycles. The van der Waals surface area contributed by atoms with Crippen LogP contribution in [0.3, 0.4) is 0 Å². The number of pyridine rings is 1. The average Bonchev–Trinajstić information content (AvgIpc) is 3.16. The van der Waals surface area contributed by atoms with Gasteiger partial charge in [0.25, 0.3) is 5.91 Å². The monoisotopic (exact) mass is 431 g/mol. The molecule has 0 unspecified atom stereocenters. The van der Waals surface area contributed by atoms with Crippen molar-refractivity contribution in [3.8, 4) is 5.88 Å². The van der Waals surface area contributed by atoms with E-state index in [1.165, 1.54) is 16.5 Å². The maximum absolute atomic E-state index is 12.4. The largest absolute Gasteiger partial charge is 0.473 e. The molecule has 2 aromatic heterocycles. The van der Waals surface area contributed by atoms with Crippen LogP contribution in [0.5, 0.6) is 5.88 Å². The minimum Gasteiger partial charge on any atom is -0.473 e. The second-order valence-electron chi connectivity index (χ2n) is 6.74. The molecular formula is C21H22ClN3O3S. The van der Waals surface area contributed by atoms with E-state index in [9.17, 15) is 4.79 Å². The van der Waals surface area contributed by atoms with Gasteiger partial charge in [-0.25, -0.2) is 4.98 Å². The normalized spacial score (nSPS) is 14.8.